The molecule has 128 valence electrons. The summed E-state index contributed by atoms with van der Waals surface area (Å²) in [7, 11) is 0. The van der Waals surface area contributed by atoms with Crippen molar-refractivity contribution in [2.45, 2.75) is 39.7 Å². The Hall–Kier alpha value is -2.21. The third kappa shape index (κ3) is 3.19. The van der Waals surface area contributed by atoms with Crippen molar-refractivity contribution in [1.82, 2.24) is 15.0 Å². The lowest BCUT2D eigenvalue weighted by Crippen LogP contribution is -2.42. The smallest absolute Gasteiger partial charge is 0.259 e. The normalized spacial score (nSPS) is 18.2. The average Bonchev–Trinajstić information content (AvgIpc) is 2.96. The zero-order valence-electron chi connectivity index (χ0n) is 14.6. The number of hydrogen-bond acceptors (Lipinski definition) is 5. The van der Waals surface area contributed by atoms with Crippen molar-refractivity contribution >= 4 is 5.91 Å². The van der Waals surface area contributed by atoms with Crippen LogP contribution in [-0.4, -0.2) is 40.6 Å². The SMILES string of the molecule is Cc1cc([C@H]2CN(C(=O)c3c(C(C)C)noc3C)CCO2)ccn1. The van der Waals surface area contributed by atoms with Crippen LogP contribution in [0.5, 0.6) is 0 Å². The highest BCUT2D eigenvalue weighted by Crippen LogP contribution is 2.27. The highest BCUT2D eigenvalue weighted by molar-refractivity contribution is 5.96. The van der Waals surface area contributed by atoms with E-state index in [9.17, 15) is 4.79 Å². The van der Waals surface area contributed by atoms with E-state index in [-0.39, 0.29) is 17.9 Å². The Morgan fingerprint density at radius 1 is 1.38 bits per heavy atom. The number of aryl methyl sites for hydroxylation is 2. The summed E-state index contributed by atoms with van der Waals surface area (Å²) < 4.78 is 11.1. The third-order valence-electron chi connectivity index (χ3n) is 4.30. The molecule has 1 aliphatic rings. The number of carbonyl (C=O) groups is 1. The van der Waals surface area contributed by atoms with Gasteiger partial charge in [-0.05, 0) is 37.5 Å². The molecule has 0 aromatic carbocycles. The highest BCUT2D eigenvalue weighted by atomic mass is 16.5. The molecular weight excluding hydrogens is 306 g/mol. The lowest BCUT2D eigenvalue weighted by atomic mass is 10.0. The van der Waals surface area contributed by atoms with Gasteiger partial charge in [0, 0.05) is 18.4 Å². The fourth-order valence-electron chi connectivity index (χ4n) is 3.00. The molecule has 24 heavy (non-hydrogen) atoms. The van der Waals surface area contributed by atoms with E-state index in [1.165, 1.54) is 0 Å². The Bertz CT molecular complexity index is 739. The maximum absolute atomic E-state index is 13.0. The summed E-state index contributed by atoms with van der Waals surface area (Å²) in [5.74, 6) is 0.684. The van der Waals surface area contributed by atoms with Crippen LogP contribution in [0, 0.1) is 13.8 Å². The lowest BCUT2D eigenvalue weighted by Gasteiger charge is -2.33. The van der Waals surface area contributed by atoms with Crippen LogP contribution < -0.4 is 0 Å². The van der Waals surface area contributed by atoms with Gasteiger partial charge in [0.1, 0.15) is 17.4 Å². The van der Waals surface area contributed by atoms with Gasteiger partial charge in [0.15, 0.2) is 0 Å². The summed E-state index contributed by atoms with van der Waals surface area (Å²) in [5, 5.41) is 4.06. The van der Waals surface area contributed by atoms with E-state index >= 15 is 0 Å². The summed E-state index contributed by atoms with van der Waals surface area (Å²) in [6.45, 7) is 9.36. The maximum Gasteiger partial charge on any atom is 0.259 e. The molecule has 3 rings (SSSR count). The van der Waals surface area contributed by atoms with Gasteiger partial charge in [-0.15, -0.1) is 0 Å². The van der Waals surface area contributed by atoms with Crippen molar-refractivity contribution in [2.24, 2.45) is 0 Å². The van der Waals surface area contributed by atoms with Crippen molar-refractivity contribution in [3.05, 3.63) is 46.6 Å². The molecule has 0 spiro atoms. The highest BCUT2D eigenvalue weighted by Gasteiger charge is 2.31. The molecule has 2 aromatic rings. The Labute approximate surface area is 141 Å². The first-order chi connectivity index (χ1) is 11.5. The minimum atomic E-state index is -0.132. The van der Waals surface area contributed by atoms with Crippen molar-refractivity contribution < 1.29 is 14.1 Å². The average molecular weight is 329 g/mol. The number of ether oxygens (including phenoxy) is 1. The van der Waals surface area contributed by atoms with Crippen LogP contribution in [0.4, 0.5) is 0 Å². The van der Waals surface area contributed by atoms with Gasteiger partial charge in [-0.1, -0.05) is 19.0 Å². The van der Waals surface area contributed by atoms with Crippen molar-refractivity contribution in [3.63, 3.8) is 0 Å². The third-order valence-corrected chi connectivity index (χ3v) is 4.30. The van der Waals surface area contributed by atoms with Gasteiger partial charge < -0.3 is 14.2 Å². The van der Waals surface area contributed by atoms with Crippen LogP contribution in [0.3, 0.4) is 0 Å². The molecule has 0 N–H and O–H groups in total. The number of nitrogens with zero attached hydrogens (tertiary/aromatic N) is 3. The molecule has 0 unspecified atom stereocenters. The second-order valence-electron chi connectivity index (χ2n) is 6.49. The molecule has 0 radical (unpaired) electrons. The van der Waals surface area contributed by atoms with Gasteiger partial charge in [0.25, 0.3) is 5.91 Å². The van der Waals surface area contributed by atoms with Crippen LogP contribution in [-0.2, 0) is 4.74 Å². The van der Waals surface area contributed by atoms with Gasteiger partial charge in [0.05, 0.1) is 18.8 Å². The van der Waals surface area contributed by atoms with E-state index in [0.717, 1.165) is 17.0 Å². The molecular formula is C18H23N3O3. The summed E-state index contributed by atoms with van der Waals surface area (Å²) in [6, 6.07) is 3.94. The van der Waals surface area contributed by atoms with Gasteiger partial charge in [0.2, 0.25) is 0 Å². The van der Waals surface area contributed by atoms with Gasteiger partial charge in [-0.2, -0.15) is 0 Å². The molecule has 2 aromatic heterocycles. The van der Waals surface area contributed by atoms with Crippen molar-refractivity contribution in [1.29, 1.82) is 0 Å². The largest absolute Gasteiger partial charge is 0.370 e. The molecule has 1 fully saturated rings. The van der Waals surface area contributed by atoms with E-state index in [0.29, 0.717) is 31.0 Å². The zero-order chi connectivity index (χ0) is 17.3. The molecule has 0 saturated carbocycles. The fourth-order valence-corrected chi connectivity index (χ4v) is 3.00. The molecule has 1 atom stereocenters. The van der Waals surface area contributed by atoms with Crippen LogP contribution in [0.1, 0.15) is 58.9 Å². The summed E-state index contributed by atoms with van der Waals surface area (Å²) in [5.41, 5.74) is 3.31. The van der Waals surface area contributed by atoms with E-state index in [2.05, 4.69) is 10.1 Å². The molecule has 6 nitrogen and oxygen atoms in total. The first-order valence-electron chi connectivity index (χ1n) is 8.27. The number of carbonyl (C=O) groups excluding carboxylic acids is 1. The maximum atomic E-state index is 13.0. The van der Waals surface area contributed by atoms with E-state index in [1.54, 1.807) is 13.1 Å². The Morgan fingerprint density at radius 2 is 2.17 bits per heavy atom. The van der Waals surface area contributed by atoms with E-state index < -0.39 is 0 Å². The monoisotopic (exact) mass is 329 g/mol. The molecule has 1 saturated heterocycles. The topological polar surface area (TPSA) is 68.5 Å². The molecule has 1 amide bonds. The number of aromatic nitrogens is 2. The Morgan fingerprint density at radius 3 is 2.88 bits per heavy atom. The van der Waals surface area contributed by atoms with Gasteiger partial charge in [-0.3, -0.25) is 9.78 Å². The number of amides is 1. The lowest BCUT2D eigenvalue weighted by molar-refractivity contribution is -0.0229. The molecule has 6 heteroatoms. The summed E-state index contributed by atoms with van der Waals surface area (Å²) >= 11 is 0. The van der Waals surface area contributed by atoms with Crippen LogP contribution in [0.25, 0.3) is 0 Å². The van der Waals surface area contributed by atoms with Gasteiger partial charge >= 0.3 is 0 Å². The van der Waals surface area contributed by atoms with E-state index in [1.807, 2.05) is 37.8 Å². The van der Waals surface area contributed by atoms with Crippen molar-refractivity contribution in [3.8, 4) is 0 Å². The minimum absolute atomic E-state index is 0.0310. The second-order valence-corrected chi connectivity index (χ2v) is 6.49. The molecule has 0 aliphatic carbocycles. The molecule has 0 bridgehead atoms. The first-order valence-corrected chi connectivity index (χ1v) is 8.27. The Kier molecular flexibility index (Phi) is 4.66. The van der Waals surface area contributed by atoms with Crippen LogP contribution in [0.2, 0.25) is 0 Å². The predicted octanol–water partition coefficient (Wildman–Crippen LogP) is 3.02. The quantitative estimate of drug-likeness (QED) is 0.866. The molecule has 3 heterocycles. The zero-order valence-corrected chi connectivity index (χ0v) is 14.6. The number of pyridine rings is 1. The number of rotatable bonds is 3. The van der Waals surface area contributed by atoms with E-state index in [4.69, 9.17) is 9.26 Å². The fraction of sp³-hybridized carbons (Fsp3) is 0.500. The minimum Gasteiger partial charge on any atom is -0.370 e. The predicted molar refractivity (Wildman–Crippen MR) is 88.9 cm³/mol. The second kappa shape index (κ2) is 6.73. The number of hydrogen-bond donors (Lipinski definition) is 0. The summed E-state index contributed by atoms with van der Waals surface area (Å²) in [6.07, 6.45) is 1.64. The standard InChI is InChI=1S/C18H23N3O3/c1-11(2)17-16(13(4)24-20-17)18(22)21-7-8-23-15(10-21)14-5-6-19-12(3)9-14/h5-6,9,11,15H,7-8,10H2,1-4H3/t15-/m1/s1. The van der Waals surface area contributed by atoms with Crippen molar-refractivity contribution in [2.75, 3.05) is 19.7 Å². The van der Waals surface area contributed by atoms with Gasteiger partial charge in [-0.25, -0.2) is 0 Å². The van der Waals surface area contributed by atoms with Crippen LogP contribution in [0.15, 0.2) is 22.9 Å². The number of morpholine rings is 1. The van der Waals surface area contributed by atoms with Crippen LogP contribution >= 0.6 is 0 Å². The summed E-state index contributed by atoms with van der Waals surface area (Å²) in [4.78, 5) is 19.1. The molecule has 1 aliphatic heterocycles. The Balaban J connectivity index is 1.82. The first kappa shape index (κ1) is 16.6.